The van der Waals surface area contributed by atoms with Crippen molar-refractivity contribution in [3.63, 3.8) is 0 Å². The zero-order valence-corrected chi connectivity index (χ0v) is 13.2. The van der Waals surface area contributed by atoms with E-state index in [0.29, 0.717) is 5.92 Å². The van der Waals surface area contributed by atoms with Crippen molar-refractivity contribution in [3.8, 4) is 0 Å². The molecule has 2 saturated carbocycles. The van der Waals surface area contributed by atoms with E-state index in [2.05, 4.69) is 0 Å². The molecule has 0 aromatic carbocycles. The molecular weight excluding hydrogens is 264 g/mol. The molecule has 1 saturated heterocycles. The molecule has 3 heteroatoms. The minimum absolute atomic E-state index is 0.0354. The number of hydrogen-bond acceptors (Lipinski definition) is 2. The Hall–Kier alpha value is -0.570. The number of carboxylic acids is 1. The zero-order valence-electron chi connectivity index (χ0n) is 13.2. The van der Waals surface area contributed by atoms with Gasteiger partial charge in [0.2, 0.25) is 0 Å². The van der Waals surface area contributed by atoms with Gasteiger partial charge < -0.3 is 9.84 Å². The molecule has 120 valence electrons. The first kappa shape index (κ1) is 15.3. The van der Waals surface area contributed by atoms with E-state index < -0.39 is 11.4 Å². The van der Waals surface area contributed by atoms with Crippen LogP contribution in [0.25, 0.3) is 0 Å². The summed E-state index contributed by atoms with van der Waals surface area (Å²) in [6, 6.07) is 0. The van der Waals surface area contributed by atoms with Gasteiger partial charge in [0.05, 0.1) is 11.0 Å². The summed E-state index contributed by atoms with van der Waals surface area (Å²) in [4.78, 5) is 12.2. The third-order valence-corrected chi connectivity index (χ3v) is 6.46. The molecule has 1 N–H and O–H groups in total. The smallest absolute Gasteiger partial charge is 0.309 e. The molecule has 3 aliphatic rings. The summed E-state index contributed by atoms with van der Waals surface area (Å²) in [7, 11) is 0. The van der Waals surface area contributed by atoms with Gasteiger partial charge in [-0.15, -0.1) is 0 Å². The van der Waals surface area contributed by atoms with E-state index in [0.717, 1.165) is 58.0 Å². The molecule has 2 aliphatic carbocycles. The lowest BCUT2D eigenvalue weighted by Gasteiger charge is -2.46. The zero-order chi connectivity index (χ0) is 14.8. The van der Waals surface area contributed by atoms with E-state index >= 15 is 0 Å². The van der Waals surface area contributed by atoms with Crippen LogP contribution >= 0.6 is 0 Å². The number of carbonyl (C=O) groups is 1. The van der Waals surface area contributed by atoms with Gasteiger partial charge in [0, 0.05) is 6.61 Å². The Morgan fingerprint density at radius 3 is 2.10 bits per heavy atom. The number of carboxylic acid groups (broad SMARTS) is 1. The van der Waals surface area contributed by atoms with Crippen molar-refractivity contribution < 1.29 is 14.6 Å². The van der Waals surface area contributed by atoms with Crippen molar-refractivity contribution in [3.05, 3.63) is 0 Å². The number of hydrogen-bond donors (Lipinski definition) is 1. The van der Waals surface area contributed by atoms with Gasteiger partial charge in [-0.1, -0.05) is 44.9 Å². The first-order valence-corrected chi connectivity index (χ1v) is 9.04. The number of aliphatic carboxylic acids is 1. The second-order valence-corrected chi connectivity index (χ2v) is 7.66. The first-order chi connectivity index (χ1) is 10.2. The Bertz CT molecular complexity index is 363. The largest absolute Gasteiger partial charge is 0.481 e. The van der Waals surface area contributed by atoms with Gasteiger partial charge in [-0.2, -0.15) is 0 Å². The van der Waals surface area contributed by atoms with Crippen molar-refractivity contribution in [2.24, 2.45) is 11.3 Å². The van der Waals surface area contributed by atoms with Crippen LogP contribution < -0.4 is 0 Å². The Morgan fingerprint density at radius 2 is 1.48 bits per heavy atom. The lowest BCUT2D eigenvalue weighted by atomic mass is 9.62. The Kier molecular flexibility index (Phi) is 4.58. The van der Waals surface area contributed by atoms with E-state index in [1.807, 2.05) is 0 Å². The minimum Gasteiger partial charge on any atom is -0.481 e. The molecule has 21 heavy (non-hydrogen) atoms. The summed E-state index contributed by atoms with van der Waals surface area (Å²) < 4.78 is 6.14. The summed E-state index contributed by atoms with van der Waals surface area (Å²) in [5.74, 6) is -0.190. The number of rotatable bonds is 2. The van der Waals surface area contributed by atoms with Crippen LogP contribution in [0.3, 0.4) is 0 Å². The van der Waals surface area contributed by atoms with Gasteiger partial charge >= 0.3 is 5.97 Å². The molecule has 3 nitrogen and oxygen atoms in total. The lowest BCUT2D eigenvalue weighted by Crippen LogP contribution is -2.47. The van der Waals surface area contributed by atoms with Crippen molar-refractivity contribution >= 4 is 5.97 Å². The fraction of sp³-hybridized carbons (Fsp3) is 0.944. The molecular formula is C18H30O3. The quantitative estimate of drug-likeness (QED) is 0.813. The van der Waals surface area contributed by atoms with Crippen LogP contribution in [0.15, 0.2) is 0 Å². The average molecular weight is 294 g/mol. The van der Waals surface area contributed by atoms with Gasteiger partial charge in [-0.05, 0) is 44.4 Å². The molecule has 0 radical (unpaired) electrons. The maximum Gasteiger partial charge on any atom is 0.309 e. The Labute approximate surface area is 128 Å². The second kappa shape index (κ2) is 6.28. The highest BCUT2D eigenvalue weighted by Gasteiger charge is 2.51. The highest BCUT2D eigenvalue weighted by molar-refractivity contribution is 5.75. The van der Waals surface area contributed by atoms with Crippen LogP contribution in [0.5, 0.6) is 0 Å². The third-order valence-electron chi connectivity index (χ3n) is 6.46. The molecule has 3 fully saturated rings. The molecule has 1 aliphatic heterocycles. The van der Waals surface area contributed by atoms with Crippen molar-refractivity contribution in [1.82, 2.24) is 0 Å². The Balaban J connectivity index is 1.80. The standard InChI is InChI=1S/C18H30O3/c19-16(20)18(11-4-2-1-3-5-12-18)15-8-13-21-17(14-15)9-6-7-10-17/h15H,1-14H2,(H,19,20). The summed E-state index contributed by atoms with van der Waals surface area (Å²) in [5.41, 5.74) is -0.423. The highest BCUT2D eigenvalue weighted by Crippen LogP contribution is 2.51. The number of ether oxygens (including phenoxy) is 1. The average Bonchev–Trinajstić information content (AvgIpc) is 2.86. The third kappa shape index (κ3) is 2.99. The first-order valence-electron chi connectivity index (χ1n) is 9.04. The molecule has 0 aromatic heterocycles. The van der Waals surface area contributed by atoms with Crippen LogP contribution in [0.4, 0.5) is 0 Å². The topological polar surface area (TPSA) is 46.5 Å². The SMILES string of the molecule is O=C(O)C1(C2CCOC3(CCCC3)C2)CCCCCCC1. The van der Waals surface area contributed by atoms with E-state index in [-0.39, 0.29) is 5.60 Å². The van der Waals surface area contributed by atoms with Crippen LogP contribution in [-0.2, 0) is 9.53 Å². The predicted octanol–water partition coefficient (Wildman–Crippen LogP) is 4.54. The molecule has 0 bridgehead atoms. The summed E-state index contributed by atoms with van der Waals surface area (Å²) >= 11 is 0. The fourth-order valence-electron chi connectivity index (χ4n) is 5.20. The van der Waals surface area contributed by atoms with Crippen LogP contribution in [-0.4, -0.2) is 23.3 Å². The Morgan fingerprint density at radius 1 is 0.905 bits per heavy atom. The van der Waals surface area contributed by atoms with Crippen molar-refractivity contribution in [2.75, 3.05) is 6.61 Å². The maximum atomic E-state index is 12.2. The molecule has 1 unspecified atom stereocenters. The van der Waals surface area contributed by atoms with Crippen LogP contribution in [0, 0.1) is 11.3 Å². The van der Waals surface area contributed by atoms with Crippen molar-refractivity contribution in [2.45, 2.75) is 89.1 Å². The summed E-state index contributed by atoms with van der Waals surface area (Å²) in [6.07, 6.45) is 14.4. The predicted molar refractivity (Wildman–Crippen MR) is 82.3 cm³/mol. The summed E-state index contributed by atoms with van der Waals surface area (Å²) in [6.45, 7) is 0.777. The highest BCUT2D eigenvalue weighted by atomic mass is 16.5. The molecule has 1 spiro atoms. The van der Waals surface area contributed by atoms with Gasteiger partial charge in [0.15, 0.2) is 0 Å². The molecule has 3 rings (SSSR count). The van der Waals surface area contributed by atoms with E-state index in [4.69, 9.17) is 4.74 Å². The van der Waals surface area contributed by atoms with E-state index in [1.165, 1.54) is 32.1 Å². The van der Waals surface area contributed by atoms with Gasteiger partial charge in [-0.25, -0.2) is 0 Å². The van der Waals surface area contributed by atoms with Crippen LogP contribution in [0.2, 0.25) is 0 Å². The van der Waals surface area contributed by atoms with Crippen LogP contribution in [0.1, 0.15) is 83.5 Å². The molecule has 0 amide bonds. The molecule has 0 aromatic rings. The minimum atomic E-state index is -0.524. The fourth-order valence-corrected chi connectivity index (χ4v) is 5.20. The molecule has 1 heterocycles. The van der Waals surface area contributed by atoms with Gasteiger partial charge in [0.25, 0.3) is 0 Å². The van der Waals surface area contributed by atoms with E-state index in [9.17, 15) is 9.90 Å². The lowest BCUT2D eigenvalue weighted by molar-refractivity contribution is -0.166. The van der Waals surface area contributed by atoms with E-state index in [1.54, 1.807) is 0 Å². The monoisotopic (exact) mass is 294 g/mol. The second-order valence-electron chi connectivity index (χ2n) is 7.66. The van der Waals surface area contributed by atoms with Crippen molar-refractivity contribution in [1.29, 1.82) is 0 Å². The van der Waals surface area contributed by atoms with Gasteiger partial charge in [0.1, 0.15) is 0 Å². The molecule has 1 atom stereocenters. The maximum absolute atomic E-state index is 12.2. The summed E-state index contributed by atoms with van der Waals surface area (Å²) in [5, 5.41) is 10.0. The van der Waals surface area contributed by atoms with Gasteiger partial charge in [-0.3, -0.25) is 4.79 Å². The normalized spacial score (nSPS) is 32.5.